The Morgan fingerprint density at radius 3 is 0.595 bits per heavy atom. The summed E-state index contributed by atoms with van der Waals surface area (Å²) in [5.74, 6) is 0. The molecule has 2 aliphatic carbocycles. The first-order valence-electron chi connectivity index (χ1n) is 43.8. The summed E-state index contributed by atoms with van der Waals surface area (Å²) >= 11 is 0. The van der Waals surface area contributed by atoms with Crippen LogP contribution >= 0.6 is 0 Å². The number of aryl methyl sites for hydroxylation is 2. The first-order valence-corrected chi connectivity index (χ1v) is 43.8. The lowest BCUT2D eigenvalue weighted by Crippen LogP contribution is -2.31. The molecule has 610 valence electrons. The van der Waals surface area contributed by atoms with Crippen molar-refractivity contribution in [3.8, 4) is 77.9 Å². The Hall–Kier alpha value is -15.4. The molecule has 4 nitrogen and oxygen atoms in total. The highest BCUT2D eigenvalue weighted by Crippen LogP contribution is 2.56. The smallest absolute Gasteiger partial charge is 0.0462 e. The largest absolute Gasteiger partial charge is 0.311 e. The van der Waals surface area contributed by atoms with Crippen LogP contribution in [0.15, 0.2) is 474 Å². The summed E-state index contributed by atoms with van der Waals surface area (Å²) in [6.07, 6.45) is 5.18. The van der Waals surface area contributed by atoms with E-state index < -0.39 is 0 Å². The molecule has 2 aliphatic rings. The zero-order valence-corrected chi connectivity index (χ0v) is 72.5. The summed E-state index contributed by atoms with van der Waals surface area (Å²) in [5.41, 5.74) is 40.3. The maximum atomic E-state index is 3.36. The van der Waals surface area contributed by atoms with Gasteiger partial charge in [-0.15, -0.1) is 13.2 Å². The molecule has 0 saturated heterocycles. The zero-order chi connectivity index (χ0) is 86.1. The van der Waals surface area contributed by atoms with Crippen molar-refractivity contribution in [1.29, 1.82) is 0 Å². The van der Waals surface area contributed by atoms with Gasteiger partial charge < -0.3 is 19.6 Å². The molecule has 0 aliphatic heterocycles. The number of benzene rings is 18. The van der Waals surface area contributed by atoms with Crippen molar-refractivity contribution < 1.29 is 0 Å². The molecule has 0 aromatic heterocycles. The lowest BCUT2D eigenvalue weighted by molar-refractivity contribution is 0.520. The number of rotatable bonds is 21. The molecular weight excluding hydrogens is 1520 g/mol. The van der Waals surface area contributed by atoms with Crippen molar-refractivity contribution in [2.45, 2.75) is 65.2 Å². The molecule has 0 spiro atoms. The molecule has 0 fully saturated rings. The highest BCUT2D eigenvalue weighted by atomic mass is 15.2. The van der Waals surface area contributed by atoms with Crippen LogP contribution in [-0.2, 0) is 23.7 Å². The van der Waals surface area contributed by atoms with E-state index in [9.17, 15) is 0 Å². The minimum absolute atomic E-state index is 0.202. The van der Waals surface area contributed by atoms with Gasteiger partial charge >= 0.3 is 0 Å². The topological polar surface area (TPSA) is 13.0 Å². The summed E-state index contributed by atoms with van der Waals surface area (Å²) in [4.78, 5) is 9.39. The monoisotopic (exact) mass is 1620 g/mol. The zero-order valence-electron chi connectivity index (χ0n) is 72.5. The van der Waals surface area contributed by atoms with Gasteiger partial charge in [-0.2, -0.15) is 0 Å². The Labute approximate surface area is 744 Å². The number of hydrogen-bond donors (Lipinski definition) is 0. The summed E-state index contributed by atoms with van der Waals surface area (Å²) in [7, 11) is 0. The van der Waals surface area contributed by atoms with Crippen LogP contribution in [0.5, 0.6) is 0 Å². The highest BCUT2D eigenvalue weighted by Gasteiger charge is 2.44. The predicted molar refractivity (Wildman–Crippen MR) is 538 cm³/mol. The second-order valence-corrected chi connectivity index (χ2v) is 33.5. The van der Waals surface area contributed by atoms with Gasteiger partial charge in [0.25, 0.3) is 0 Å². The van der Waals surface area contributed by atoms with Gasteiger partial charge in [-0.25, -0.2) is 0 Å². The van der Waals surface area contributed by atoms with Crippen LogP contribution in [0.4, 0.5) is 68.2 Å². The Balaban J connectivity index is 0.00000175. The standard InChI is InChI=1S/C116H90N4.2C3H6/c1-81-35-55-99(56-36-81)117(95-27-15-7-16-28-95)103-63-43-87(44-64-103)91-51-71-107-108-72-52-92(76-112(108)115(3,4)111(107)75-91)88-45-65-105(66-46-88)119(97-31-19-9-20-32-97)101-59-39-85(40-60-101)86-41-61-102(62-42-86)120(98-33-21-10-22-34-98)106-69-49-90(50-70-106)94-54-74-110-109-73-53-93(89-47-67-104(68-48-89)118(96-29-17-8-18-30-96)100-57-37-82(2)38-58-100)77-113(109)116(114(110)78-94,79-83-23-11-5-12-24-83)80-84-25-13-6-14-26-84;2*1-3-2/h5-78H,79-80H2,1-4H3;2*3H,1H2,2H3. The quantitative estimate of drug-likeness (QED) is 0.0665. The van der Waals surface area contributed by atoms with Crippen LogP contribution in [0.2, 0.25) is 0 Å². The van der Waals surface area contributed by atoms with Crippen molar-refractivity contribution in [3.63, 3.8) is 0 Å². The molecule has 0 amide bonds. The van der Waals surface area contributed by atoms with Gasteiger partial charge in [0, 0.05) is 79.1 Å². The molecule has 0 N–H and O–H groups in total. The summed E-state index contributed by atoms with van der Waals surface area (Å²) in [6.45, 7) is 19.5. The van der Waals surface area contributed by atoms with Crippen molar-refractivity contribution in [2.24, 2.45) is 0 Å². The van der Waals surface area contributed by atoms with Gasteiger partial charge in [0.15, 0.2) is 0 Å². The van der Waals surface area contributed by atoms with Gasteiger partial charge in [-0.05, 0) is 322 Å². The van der Waals surface area contributed by atoms with Gasteiger partial charge in [0.1, 0.15) is 0 Å². The van der Waals surface area contributed by atoms with E-state index in [-0.39, 0.29) is 10.8 Å². The highest BCUT2D eigenvalue weighted by molar-refractivity contribution is 5.91. The minimum Gasteiger partial charge on any atom is -0.311 e. The SMILES string of the molecule is C=CC.C=CC.Cc1ccc(N(c2ccccc2)c2ccc(-c3ccc4c(c3)C(C)(C)c3cc(-c5ccc(N(c6ccccc6)c6ccc(-c7ccc(N(c8ccccc8)c8ccc(-c9ccc%10c(c9)C(Cc9ccccc9)(Cc9ccccc9)c9cc(-c%11ccc(N(c%12ccccc%12)c%12ccc(C)cc%12)cc%11)ccc9-%10)cc8)cc7)cc6)cc5)ccc3-4)cc2)cc1. The molecule has 0 bridgehead atoms. The van der Waals surface area contributed by atoms with E-state index in [1.807, 2.05) is 13.8 Å². The van der Waals surface area contributed by atoms with E-state index in [0.29, 0.717) is 0 Å². The van der Waals surface area contributed by atoms with Gasteiger partial charge in [0.2, 0.25) is 0 Å². The molecule has 18 aromatic carbocycles. The fourth-order valence-corrected chi connectivity index (χ4v) is 18.6. The van der Waals surface area contributed by atoms with Crippen molar-refractivity contribution in [1.82, 2.24) is 0 Å². The van der Waals surface area contributed by atoms with Gasteiger partial charge in [-0.3, -0.25) is 0 Å². The number of allylic oxidation sites excluding steroid dienone is 2. The van der Waals surface area contributed by atoms with Crippen LogP contribution in [-0.4, -0.2) is 0 Å². The van der Waals surface area contributed by atoms with Gasteiger partial charge in [0.05, 0.1) is 0 Å². The second kappa shape index (κ2) is 36.4. The predicted octanol–water partition coefficient (Wildman–Crippen LogP) is 34.0. The summed E-state index contributed by atoms with van der Waals surface area (Å²) in [5, 5.41) is 0. The number of fused-ring (bicyclic) bond motifs is 6. The van der Waals surface area contributed by atoms with E-state index in [2.05, 4.69) is 509 Å². The van der Waals surface area contributed by atoms with Crippen LogP contribution in [0, 0.1) is 13.8 Å². The molecule has 0 unspecified atom stereocenters. The molecule has 0 heterocycles. The second-order valence-electron chi connectivity index (χ2n) is 33.5. The van der Waals surface area contributed by atoms with E-state index in [4.69, 9.17) is 0 Å². The third-order valence-corrected chi connectivity index (χ3v) is 24.8. The van der Waals surface area contributed by atoms with E-state index in [1.165, 1.54) is 111 Å². The molecule has 20 rings (SSSR count). The van der Waals surface area contributed by atoms with Crippen LogP contribution in [0.25, 0.3) is 77.9 Å². The lowest BCUT2D eigenvalue weighted by atomic mass is 9.69. The summed E-state index contributed by atoms with van der Waals surface area (Å²) < 4.78 is 0. The lowest BCUT2D eigenvalue weighted by Gasteiger charge is -2.33. The van der Waals surface area contributed by atoms with Gasteiger partial charge in [-0.1, -0.05) is 316 Å². The van der Waals surface area contributed by atoms with Crippen molar-refractivity contribution >= 4 is 68.2 Å². The molecular formula is C122H102N4. The molecule has 126 heavy (non-hydrogen) atoms. The molecule has 18 aromatic rings. The molecule has 0 saturated carbocycles. The Kier molecular flexibility index (Phi) is 23.6. The Morgan fingerprint density at radius 2 is 0.373 bits per heavy atom. The van der Waals surface area contributed by atoms with Crippen LogP contribution in [0.3, 0.4) is 0 Å². The Morgan fingerprint density at radius 1 is 0.206 bits per heavy atom. The average Bonchev–Trinajstić information content (AvgIpc) is 1.56. The summed E-state index contributed by atoms with van der Waals surface area (Å²) in [6, 6.07) is 166. The molecule has 4 heteroatoms. The molecule has 0 radical (unpaired) electrons. The van der Waals surface area contributed by atoms with E-state index >= 15 is 0 Å². The van der Waals surface area contributed by atoms with Crippen LogP contribution in [0.1, 0.15) is 72.2 Å². The normalized spacial score (nSPS) is 12.1. The minimum atomic E-state index is -0.386. The fourth-order valence-electron chi connectivity index (χ4n) is 18.6. The molecule has 0 atom stereocenters. The van der Waals surface area contributed by atoms with E-state index in [0.717, 1.165) is 92.2 Å². The number of para-hydroxylation sites is 4. The van der Waals surface area contributed by atoms with Crippen LogP contribution < -0.4 is 19.6 Å². The van der Waals surface area contributed by atoms with Crippen molar-refractivity contribution in [3.05, 3.63) is 519 Å². The first-order chi connectivity index (χ1) is 61.8. The number of hydrogen-bond acceptors (Lipinski definition) is 4. The average molecular weight is 1620 g/mol. The maximum Gasteiger partial charge on any atom is 0.0462 e. The number of nitrogens with zero attached hydrogens (tertiary/aromatic N) is 4. The number of anilines is 12. The van der Waals surface area contributed by atoms with Crippen molar-refractivity contribution in [2.75, 3.05) is 19.6 Å². The third kappa shape index (κ3) is 16.7. The Bertz CT molecular complexity index is 6730. The third-order valence-electron chi connectivity index (χ3n) is 24.8. The first kappa shape index (κ1) is 81.6. The fraction of sp³-hybridized carbons (Fsp3) is 0.0820. The van der Waals surface area contributed by atoms with E-state index in [1.54, 1.807) is 12.2 Å². The maximum absolute atomic E-state index is 3.36.